The molecule has 1 aromatic heterocycles. The fourth-order valence-corrected chi connectivity index (χ4v) is 4.49. The molecule has 0 amide bonds. The van der Waals surface area contributed by atoms with E-state index in [1.807, 2.05) is 24.7 Å². The number of ether oxygens (including phenoxy) is 1. The van der Waals surface area contributed by atoms with Crippen molar-refractivity contribution in [2.24, 2.45) is 18.9 Å². The van der Waals surface area contributed by atoms with E-state index in [1.165, 1.54) is 38.8 Å². The minimum atomic E-state index is 0.752. The van der Waals surface area contributed by atoms with Crippen molar-refractivity contribution in [1.82, 2.24) is 14.7 Å². The summed E-state index contributed by atoms with van der Waals surface area (Å²) in [6, 6.07) is 13.1. The average Bonchev–Trinajstić information content (AvgIpc) is 3.34. The lowest BCUT2D eigenvalue weighted by Crippen LogP contribution is -2.36. The van der Waals surface area contributed by atoms with Crippen LogP contribution < -0.4 is 4.74 Å². The van der Waals surface area contributed by atoms with E-state index in [1.54, 1.807) is 5.56 Å². The van der Waals surface area contributed by atoms with E-state index in [4.69, 9.17) is 4.74 Å². The van der Waals surface area contributed by atoms with Crippen molar-refractivity contribution in [1.29, 1.82) is 0 Å². The maximum atomic E-state index is 5.88. The van der Waals surface area contributed by atoms with Gasteiger partial charge in [0.05, 0.1) is 5.69 Å². The molecule has 1 aliphatic carbocycles. The molecule has 1 aliphatic heterocycles. The summed E-state index contributed by atoms with van der Waals surface area (Å²) in [6.07, 6.45) is 5.53. The third kappa shape index (κ3) is 4.29. The van der Waals surface area contributed by atoms with Gasteiger partial charge in [-0.2, -0.15) is 5.10 Å². The zero-order chi connectivity index (χ0) is 17.9. The first kappa shape index (κ1) is 17.6. The van der Waals surface area contributed by atoms with E-state index in [0.717, 1.165) is 42.5 Å². The van der Waals surface area contributed by atoms with Crippen LogP contribution in [0.3, 0.4) is 0 Å². The second-order valence-corrected chi connectivity index (χ2v) is 8.13. The smallest absolute Gasteiger partial charge is 0.211 e. The normalized spacial score (nSPS) is 23.9. The van der Waals surface area contributed by atoms with E-state index in [9.17, 15) is 0 Å². The Morgan fingerprint density at radius 3 is 2.62 bits per heavy atom. The van der Waals surface area contributed by atoms with Crippen molar-refractivity contribution in [2.75, 3.05) is 26.2 Å². The molecule has 4 nitrogen and oxygen atoms in total. The van der Waals surface area contributed by atoms with E-state index in [2.05, 4.69) is 40.3 Å². The zero-order valence-corrected chi connectivity index (χ0v) is 16.1. The molecule has 1 saturated heterocycles. The molecular weight excluding hydrogens is 322 g/mol. The predicted octanol–water partition coefficient (Wildman–Crippen LogP) is 4.01. The fourth-order valence-electron chi connectivity index (χ4n) is 4.49. The Bertz CT molecular complexity index is 703. The third-order valence-electron chi connectivity index (χ3n) is 6.11. The van der Waals surface area contributed by atoms with E-state index in [-0.39, 0.29) is 0 Å². The van der Waals surface area contributed by atoms with Crippen LogP contribution in [0.5, 0.6) is 5.88 Å². The number of nitrogens with zero attached hydrogens (tertiary/aromatic N) is 3. The van der Waals surface area contributed by atoms with Gasteiger partial charge in [-0.05, 0) is 69.0 Å². The van der Waals surface area contributed by atoms with Gasteiger partial charge in [0.1, 0.15) is 6.61 Å². The standard InChI is InChI=1S/C22H31N3O/c1-17-14-22(24(2)23-17)26-13-12-25-10-8-18(9-11-25)15-20-16-21(20)19-6-4-3-5-7-19/h3-7,14,18,20-21H,8-13,15-16H2,1-2H3/t20-,21+/m1/s1. The minimum Gasteiger partial charge on any atom is -0.476 e. The Hall–Kier alpha value is -1.81. The molecule has 0 unspecified atom stereocenters. The van der Waals surface area contributed by atoms with E-state index in [0.29, 0.717) is 0 Å². The van der Waals surface area contributed by atoms with Gasteiger partial charge in [0.15, 0.2) is 0 Å². The molecule has 0 radical (unpaired) electrons. The van der Waals surface area contributed by atoms with Gasteiger partial charge in [-0.3, -0.25) is 4.90 Å². The lowest BCUT2D eigenvalue weighted by molar-refractivity contribution is 0.145. The second kappa shape index (κ2) is 7.83. The number of aryl methyl sites for hydroxylation is 2. The van der Waals surface area contributed by atoms with Gasteiger partial charge >= 0.3 is 0 Å². The van der Waals surface area contributed by atoms with Gasteiger partial charge in [0, 0.05) is 19.7 Å². The summed E-state index contributed by atoms with van der Waals surface area (Å²) in [5, 5.41) is 4.33. The van der Waals surface area contributed by atoms with Crippen molar-refractivity contribution < 1.29 is 4.74 Å². The lowest BCUT2D eigenvalue weighted by Gasteiger charge is -2.32. The summed E-state index contributed by atoms with van der Waals surface area (Å²) in [7, 11) is 1.94. The highest BCUT2D eigenvalue weighted by Crippen LogP contribution is 2.51. The second-order valence-electron chi connectivity index (χ2n) is 8.13. The third-order valence-corrected chi connectivity index (χ3v) is 6.11. The van der Waals surface area contributed by atoms with Crippen LogP contribution in [-0.2, 0) is 7.05 Å². The summed E-state index contributed by atoms with van der Waals surface area (Å²) >= 11 is 0. The summed E-state index contributed by atoms with van der Waals surface area (Å²) in [4.78, 5) is 2.56. The summed E-state index contributed by atoms with van der Waals surface area (Å²) in [5.41, 5.74) is 2.56. The molecule has 2 aromatic rings. The Morgan fingerprint density at radius 2 is 1.92 bits per heavy atom. The molecule has 4 rings (SSSR count). The van der Waals surface area contributed by atoms with E-state index >= 15 is 0 Å². The highest BCUT2D eigenvalue weighted by atomic mass is 16.5. The van der Waals surface area contributed by atoms with Crippen LogP contribution in [0.2, 0.25) is 0 Å². The monoisotopic (exact) mass is 353 g/mol. The Kier molecular flexibility index (Phi) is 5.30. The van der Waals surface area contributed by atoms with Gasteiger partial charge in [-0.15, -0.1) is 0 Å². The SMILES string of the molecule is Cc1cc(OCCN2CCC(C[C@@H]3C[C@H]3c3ccccc3)CC2)n(C)n1. The molecule has 140 valence electrons. The van der Waals surface area contributed by atoms with Crippen molar-refractivity contribution >= 4 is 0 Å². The molecule has 0 spiro atoms. The van der Waals surface area contributed by atoms with Gasteiger partial charge in [0.25, 0.3) is 0 Å². The maximum Gasteiger partial charge on any atom is 0.211 e. The van der Waals surface area contributed by atoms with Gasteiger partial charge in [-0.1, -0.05) is 30.3 Å². The van der Waals surface area contributed by atoms with Crippen molar-refractivity contribution in [3.8, 4) is 5.88 Å². The summed E-state index contributed by atoms with van der Waals surface area (Å²) < 4.78 is 7.70. The number of hydrogen-bond donors (Lipinski definition) is 0. The van der Waals surface area contributed by atoms with Crippen LogP contribution in [0.25, 0.3) is 0 Å². The lowest BCUT2D eigenvalue weighted by atomic mass is 9.90. The largest absolute Gasteiger partial charge is 0.476 e. The predicted molar refractivity (Wildman–Crippen MR) is 105 cm³/mol. The topological polar surface area (TPSA) is 30.3 Å². The number of benzene rings is 1. The van der Waals surface area contributed by atoms with Crippen LogP contribution in [0.1, 0.15) is 42.9 Å². The van der Waals surface area contributed by atoms with Crippen LogP contribution in [0.15, 0.2) is 36.4 Å². The molecule has 2 fully saturated rings. The molecule has 26 heavy (non-hydrogen) atoms. The quantitative estimate of drug-likeness (QED) is 0.753. The highest BCUT2D eigenvalue weighted by Gasteiger charge is 2.39. The molecule has 0 N–H and O–H groups in total. The van der Waals surface area contributed by atoms with Crippen molar-refractivity contribution in [3.63, 3.8) is 0 Å². The zero-order valence-electron chi connectivity index (χ0n) is 16.1. The number of rotatable bonds is 7. The number of hydrogen-bond acceptors (Lipinski definition) is 3. The Balaban J connectivity index is 1.14. The van der Waals surface area contributed by atoms with Gasteiger partial charge in [0.2, 0.25) is 5.88 Å². The highest BCUT2D eigenvalue weighted by molar-refractivity contribution is 5.25. The minimum absolute atomic E-state index is 0.752. The first-order valence-electron chi connectivity index (χ1n) is 10.1. The van der Waals surface area contributed by atoms with E-state index < -0.39 is 0 Å². The molecule has 1 saturated carbocycles. The molecule has 1 aromatic carbocycles. The van der Waals surface area contributed by atoms with Crippen LogP contribution in [-0.4, -0.2) is 40.9 Å². The van der Waals surface area contributed by atoms with Crippen LogP contribution >= 0.6 is 0 Å². The Labute approximate surface area is 157 Å². The molecular formula is C22H31N3O. The Morgan fingerprint density at radius 1 is 1.15 bits per heavy atom. The molecule has 2 heterocycles. The van der Waals surface area contributed by atoms with Crippen LogP contribution in [0.4, 0.5) is 0 Å². The van der Waals surface area contributed by atoms with Gasteiger partial charge in [-0.25, -0.2) is 4.68 Å². The van der Waals surface area contributed by atoms with Gasteiger partial charge < -0.3 is 4.74 Å². The van der Waals surface area contributed by atoms with Crippen LogP contribution in [0, 0.1) is 18.8 Å². The molecule has 0 bridgehead atoms. The molecule has 2 atom stereocenters. The number of aromatic nitrogens is 2. The molecule has 2 aliphatic rings. The number of likely N-dealkylation sites (tertiary alicyclic amines) is 1. The van der Waals surface area contributed by atoms with Crippen molar-refractivity contribution in [2.45, 2.75) is 38.5 Å². The molecule has 4 heteroatoms. The fraction of sp³-hybridized carbons (Fsp3) is 0.591. The maximum absolute atomic E-state index is 5.88. The first-order chi connectivity index (χ1) is 12.7. The van der Waals surface area contributed by atoms with Crippen molar-refractivity contribution in [3.05, 3.63) is 47.7 Å². The summed E-state index contributed by atoms with van der Waals surface area (Å²) in [5.74, 6) is 3.57. The average molecular weight is 354 g/mol. The summed E-state index contributed by atoms with van der Waals surface area (Å²) in [6.45, 7) is 6.22. The first-order valence-corrected chi connectivity index (χ1v) is 10.1. The number of piperidine rings is 1.